The highest BCUT2D eigenvalue weighted by Gasteiger charge is 2.17. The van der Waals surface area contributed by atoms with Crippen molar-refractivity contribution in [2.75, 3.05) is 0 Å². The number of benzene rings is 2. The molecule has 0 saturated carbocycles. The number of aromatic nitrogens is 1. The van der Waals surface area contributed by atoms with Gasteiger partial charge in [0.25, 0.3) is 5.91 Å². The van der Waals surface area contributed by atoms with Crippen LogP contribution in [0.2, 0.25) is 0 Å². The number of thiazole rings is 1. The Morgan fingerprint density at radius 3 is 2.42 bits per heavy atom. The molecule has 4 nitrogen and oxygen atoms in total. The van der Waals surface area contributed by atoms with E-state index in [9.17, 15) is 13.6 Å². The van der Waals surface area contributed by atoms with Crippen molar-refractivity contribution in [3.63, 3.8) is 0 Å². The van der Waals surface area contributed by atoms with E-state index < -0.39 is 28.9 Å². The van der Waals surface area contributed by atoms with Crippen LogP contribution in [0.25, 0.3) is 0 Å². The lowest BCUT2D eigenvalue weighted by atomic mass is 10.1. The molecule has 3 rings (SSSR count). The second kappa shape index (κ2) is 9.40. The Balaban J connectivity index is 0.000000190. The molecular weight excluding hydrogens is 426 g/mol. The summed E-state index contributed by atoms with van der Waals surface area (Å²) < 4.78 is 25.4. The van der Waals surface area contributed by atoms with Crippen LogP contribution in [0.3, 0.4) is 0 Å². The summed E-state index contributed by atoms with van der Waals surface area (Å²) in [6.45, 7) is 0. The van der Waals surface area contributed by atoms with E-state index in [1.165, 1.54) is 5.56 Å². The number of rotatable bonds is 4. The Hall–Kier alpha value is -2.32. The van der Waals surface area contributed by atoms with Crippen LogP contribution in [0.5, 0.6) is 5.75 Å². The highest BCUT2D eigenvalue weighted by molar-refractivity contribution is 9.08. The van der Waals surface area contributed by atoms with Crippen molar-refractivity contribution in [2.24, 2.45) is 5.73 Å². The Kier molecular flexibility index (Phi) is 7.23. The Labute approximate surface area is 161 Å². The topological polar surface area (TPSA) is 76.2 Å². The maximum Gasteiger partial charge on any atom is 0.254 e. The van der Waals surface area contributed by atoms with Crippen molar-refractivity contribution < 1.29 is 18.7 Å². The molecule has 0 unspecified atom stereocenters. The fraction of sp³-hybridized carbons (Fsp3) is 0.111. The number of phenolic OH excluding ortho intramolecular Hbond substituents is 1. The Morgan fingerprint density at radius 2 is 1.88 bits per heavy atom. The van der Waals surface area contributed by atoms with Crippen molar-refractivity contribution in [3.05, 3.63) is 81.3 Å². The molecule has 0 spiro atoms. The minimum Gasteiger partial charge on any atom is -0.505 e. The van der Waals surface area contributed by atoms with Gasteiger partial charge >= 0.3 is 0 Å². The fourth-order valence-electron chi connectivity index (χ4n) is 2.06. The van der Waals surface area contributed by atoms with E-state index >= 15 is 0 Å². The van der Waals surface area contributed by atoms with Gasteiger partial charge in [-0.25, -0.2) is 13.8 Å². The van der Waals surface area contributed by atoms with Gasteiger partial charge < -0.3 is 10.8 Å². The lowest BCUT2D eigenvalue weighted by Crippen LogP contribution is -2.15. The number of carbonyl (C=O) groups is 1. The summed E-state index contributed by atoms with van der Waals surface area (Å²) >= 11 is 5.11. The van der Waals surface area contributed by atoms with E-state index in [0.29, 0.717) is 0 Å². The summed E-state index contributed by atoms with van der Waals surface area (Å²) in [5, 5.41) is 12.9. The van der Waals surface area contributed by atoms with Gasteiger partial charge in [-0.1, -0.05) is 46.3 Å². The number of hydrogen-bond acceptors (Lipinski definition) is 4. The number of nitrogens with zero attached hydrogens (tertiary/aromatic N) is 1. The maximum absolute atomic E-state index is 12.7. The molecule has 1 aromatic heterocycles. The summed E-state index contributed by atoms with van der Waals surface area (Å²) in [6.07, 6.45) is 0.935. The van der Waals surface area contributed by atoms with E-state index in [1.807, 2.05) is 6.07 Å². The predicted molar refractivity (Wildman–Crippen MR) is 101 cm³/mol. The number of alkyl halides is 1. The second-order valence-corrected chi connectivity index (χ2v) is 6.65. The van der Waals surface area contributed by atoms with Crippen molar-refractivity contribution in [1.82, 2.24) is 4.98 Å². The average Bonchev–Trinajstić information content (AvgIpc) is 3.07. The molecule has 8 heteroatoms. The van der Waals surface area contributed by atoms with Crippen LogP contribution in [0.1, 0.15) is 26.6 Å². The van der Waals surface area contributed by atoms with Crippen LogP contribution in [-0.2, 0) is 11.8 Å². The lowest BCUT2D eigenvalue weighted by Gasteiger charge is -2.00. The zero-order chi connectivity index (χ0) is 19.1. The molecule has 26 heavy (non-hydrogen) atoms. The maximum atomic E-state index is 12.7. The summed E-state index contributed by atoms with van der Waals surface area (Å²) in [5.41, 5.74) is 6.21. The number of hydrogen-bond donors (Lipinski definition) is 2. The van der Waals surface area contributed by atoms with Gasteiger partial charge in [0.05, 0.1) is 11.0 Å². The van der Waals surface area contributed by atoms with Crippen LogP contribution < -0.4 is 5.73 Å². The molecule has 1 amide bonds. The number of nitrogens with two attached hydrogens (primary N) is 1. The molecule has 2 aromatic carbocycles. The van der Waals surface area contributed by atoms with Gasteiger partial charge in [0.2, 0.25) is 0 Å². The van der Waals surface area contributed by atoms with Crippen LogP contribution in [0.4, 0.5) is 8.78 Å². The van der Waals surface area contributed by atoms with Crippen molar-refractivity contribution >= 4 is 33.2 Å². The first-order valence-corrected chi connectivity index (χ1v) is 9.42. The molecule has 0 atom stereocenters. The number of primary amides is 1. The third-order valence-electron chi connectivity index (χ3n) is 3.26. The van der Waals surface area contributed by atoms with E-state index in [1.54, 1.807) is 11.3 Å². The molecule has 3 N–H and O–H groups in total. The van der Waals surface area contributed by atoms with Crippen LogP contribution in [0, 0.1) is 11.6 Å². The number of amides is 1. The highest BCUT2D eigenvalue weighted by Crippen LogP contribution is 2.21. The van der Waals surface area contributed by atoms with Crippen LogP contribution in [-0.4, -0.2) is 16.0 Å². The first kappa shape index (κ1) is 20.0. The quantitative estimate of drug-likeness (QED) is 0.590. The molecule has 0 aliphatic carbocycles. The molecule has 0 aliphatic rings. The summed E-state index contributed by atoms with van der Waals surface area (Å²) in [5.74, 6) is -4.47. The van der Waals surface area contributed by atoms with Gasteiger partial charge in [-0.15, -0.1) is 11.3 Å². The molecule has 0 bridgehead atoms. The first-order chi connectivity index (χ1) is 12.4. The van der Waals surface area contributed by atoms with E-state index in [4.69, 9.17) is 5.11 Å². The minimum atomic E-state index is -1.33. The minimum absolute atomic E-state index is 0.762. The van der Waals surface area contributed by atoms with E-state index in [0.717, 1.165) is 34.6 Å². The van der Waals surface area contributed by atoms with Crippen molar-refractivity contribution in [2.45, 2.75) is 11.8 Å². The van der Waals surface area contributed by atoms with Gasteiger partial charge in [-0.05, 0) is 17.7 Å². The van der Waals surface area contributed by atoms with Gasteiger partial charge in [-0.2, -0.15) is 0 Å². The fourth-order valence-corrected chi connectivity index (χ4v) is 3.23. The van der Waals surface area contributed by atoms with Crippen molar-refractivity contribution in [1.29, 1.82) is 0 Å². The third kappa shape index (κ3) is 5.34. The lowest BCUT2D eigenvalue weighted by molar-refractivity contribution is 0.0991. The first-order valence-electron chi connectivity index (χ1n) is 7.42. The predicted octanol–water partition coefficient (Wildman–Crippen LogP) is 4.40. The largest absolute Gasteiger partial charge is 0.505 e. The zero-order valence-electron chi connectivity index (χ0n) is 13.5. The number of halogens is 3. The van der Waals surface area contributed by atoms with Gasteiger partial charge in [0.1, 0.15) is 16.4 Å². The summed E-state index contributed by atoms with van der Waals surface area (Å²) in [6, 6.07) is 12.0. The molecule has 1 heterocycles. The molecule has 0 saturated heterocycles. The highest BCUT2D eigenvalue weighted by atomic mass is 79.9. The van der Waals surface area contributed by atoms with Crippen LogP contribution >= 0.6 is 27.3 Å². The third-order valence-corrected chi connectivity index (χ3v) is 5.06. The van der Waals surface area contributed by atoms with Gasteiger partial charge in [0, 0.05) is 11.8 Å². The monoisotopic (exact) mass is 440 g/mol. The van der Waals surface area contributed by atoms with E-state index in [2.05, 4.69) is 56.3 Å². The molecule has 0 aliphatic heterocycles. The molecule has 136 valence electrons. The normalized spacial score (nSPS) is 10.1. The molecule has 0 fully saturated rings. The zero-order valence-corrected chi connectivity index (χ0v) is 15.9. The molecular formula is C18H15BrF2N2O2S. The smallest absolute Gasteiger partial charge is 0.254 e. The summed E-state index contributed by atoms with van der Waals surface area (Å²) in [4.78, 5) is 14.9. The molecule has 3 aromatic rings. The number of carbonyl (C=O) groups excluding carboxylic acids is 1. The Morgan fingerprint density at radius 1 is 1.19 bits per heavy atom. The van der Waals surface area contributed by atoms with Crippen molar-refractivity contribution in [3.8, 4) is 5.75 Å². The number of aromatic hydroxyl groups is 1. The van der Waals surface area contributed by atoms with Gasteiger partial charge in [-0.3, -0.25) is 4.79 Å². The van der Waals surface area contributed by atoms with E-state index in [-0.39, 0.29) is 0 Å². The van der Waals surface area contributed by atoms with Crippen LogP contribution in [0.15, 0.2) is 47.8 Å². The van der Waals surface area contributed by atoms with Gasteiger partial charge in [0.15, 0.2) is 11.6 Å². The standard InChI is InChI=1S/C11H10BrNS.C7H5F2NO2/c12-7-11-13-10(8-14-11)6-9-4-2-1-3-5-9;8-3-1-2-4(11)6(9)5(3)7(10)12/h1-5,8H,6-7H2;1-2,11H,(H2,10,12). The summed E-state index contributed by atoms with van der Waals surface area (Å²) in [7, 11) is 0. The SMILES string of the molecule is BrCc1nc(Cc2ccccc2)cs1.NC(=O)c1c(F)ccc(O)c1F. The average molecular weight is 441 g/mol. The Bertz CT molecular complexity index is 888. The molecule has 0 radical (unpaired) electrons. The number of phenols is 1. The second-order valence-electron chi connectivity index (χ2n) is 5.15.